The molecule has 2 nitrogen and oxygen atoms in total. The third-order valence-corrected chi connectivity index (χ3v) is 10.5. The molecule has 32 heavy (non-hydrogen) atoms. The van der Waals surface area contributed by atoms with Crippen molar-refractivity contribution in [2.45, 2.75) is 190 Å². The predicted octanol–water partition coefficient (Wildman–Crippen LogP) is 8.23. The standard InChI is InChI=1S/C30H54N2/c1-5-13-25(14-6-1)31(26-15-7-2-8-16-26)29-21-23-30(24-22-29)32(27-17-9-3-10-18-27)28-19-11-4-12-20-28/h25-30H,1-24H2. The maximum atomic E-state index is 3.18. The van der Waals surface area contributed by atoms with E-state index in [1.165, 1.54) is 154 Å². The van der Waals surface area contributed by atoms with E-state index in [9.17, 15) is 0 Å². The smallest absolute Gasteiger partial charge is 0.0102 e. The molecule has 0 aliphatic heterocycles. The monoisotopic (exact) mass is 442 g/mol. The Morgan fingerprint density at radius 1 is 0.219 bits per heavy atom. The molecule has 0 saturated heterocycles. The number of rotatable bonds is 6. The molecule has 5 saturated carbocycles. The van der Waals surface area contributed by atoms with Crippen molar-refractivity contribution in [1.82, 2.24) is 9.80 Å². The zero-order valence-electron chi connectivity index (χ0n) is 21.3. The molecule has 0 spiro atoms. The summed E-state index contributed by atoms with van der Waals surface area (Å²) < 4.78 is 0. The molecule has 0 N–H and O–H groups in total. The molecule has 0 atom stereocenters. The van der Waals surface area contributed by atoms with Crippen molar-refractivity contribution >= 4 is 0 Å². The normalized spacial score (nSPS) is 33.2. The van der Waals surface area contributed by atoms with Gasteiger partial charge in [0.25, 0.3) is 0 Å². The van der Waals surface area contributed by atoms with Gasteiger partial charge in [-0.1, -0.05) is 77.0 Å². The fourth-order valence-corrected chi connectivity index (χ4v) is 8.96. The molecular formula is C30H54N2. The zero-order valence-corrected chi connectivity index (χ0v) is 21.3. The first-order valence-electron chi connectivity index (χ1n) is 15.4. The Hall–Kier alpha value is -0.0800. The van der Waals surface area contributed by atoms with Crippen LogP contribution in [-0.4, -0.2) is 46.1 Å². The molecule has 0 aromatic rings. The summed E-state index contributed by atoms with van der Waals surface area (Å²) in [6.45, 7) is 0. The fraction of sp³-hybridized carbons (Fsp3) is 1.00. The minimum absolute atomic E-state index is 0.914. The first-order chi connectivity index (χ1) is 15.9. The van der Waals surface area contributed by atoms with Gasteiger partial charge >= 0.3 is 0 Å². The fourth-order valence-electron chi connectivity index (χ4n) is 8.96. The highest BCUT2D eigenvalue weighted by Crippen LogP contribution is 2.40. The molecule has 0 bridgehead atoms. The van der Waals surface area contributed by atoms with Crippen LogP contribution in [0, 0.1) is 0 Å². The van der Waals surface area contributed by atoms with Gasteiger partial charge in [-0.2, -0.15) is 0 Å². The molecule has 2 heteroatoms. The van der Waals surface area contributed by atoms with Gasteiger partial charge in [0.05, 0.1) is 0 Å². The van der Waals surface area contributed by atoms with E-state index in [4.69, 9.17) is 0 Å². The van der Waals surface area contributed by atoms with Gasteiger partial charge in [0.15, 0.2) is 0 Å². The lowest BCUT2D eigenvalue weighted by molar-refractivity contribution is -0.0178. The average molecular weight is 443 g/mol. The highest BCUT2D eigenvalue weighted by molar-refractivity contribution is 4.95. The molecule has 0 aromatic carbocycles. The van der Waals surface area contributed by atoms with Crippen molar-refractivity contribution in [3.63, 3.8) is 0 Å². The van der Waals surface area contributed by atoms with Gasteiger partial charge in [-0.15, -0.1) is 0 Å². The summed E-state index contributed by atoms with van der Waals surface area (Å²) in [6.07, 6.45) is 36.1. The van der Waals surface area contributed by atoms with Gasteiger partial charge in [0.2, 0.25) is 0 Å². The Morgan fingerprint density at radius 3 is 0.625 bits per heavy atom. The number of hydrogen-bond acceptors (Lipinski definition) is 2. The van der Waals surface area contributed by atoms with Crippen molar-refractivity contribution in [3.8, 4) is 0 Å². The van der Waals surface area contributed by atoms with Crippen LogP contribution < -0.4 is 0 Å². The quantitative estimate of drug-likeness (QED) is 0.408. The first kappa shape index (κ1) is 23.7. The van der Waals surface area contributed by atoms with Crippen molar-refractivity contribution in [2.24, 2.45) is 0 Å². The van der Waals surface area contributed by atoms with Crippen molar-refractivity contribution < 1.29 is 0 Å². The largest absolute Gasteiger partial charge is 0.294 e. The Bertz CT molecular complexity index is 431. The van der Waals surface area contributed by atoms with Gasteiger partial charge in [-0.25, -0.2) is 0 Å². The summed E-state index contributed by atoms with van der Waals surface area (Å²) in [4.78, 5) is 6.36. The molecule has 0 aromatic heterocycles. The van der Waals surface area contributed by atoms with Crippen LogP contribution in [0.5, 0.6) is 0 Å². The molecule has 0 heterocycles. The third kappa shape index (κ3) is 5.76. The summed E-state index contributed by atoms with van der Waals surface area (Å²) in [7, 11) is 0. The van der Waals surface area contributed by atoms with E-state index in [0.717, 1.165) is 36.3 Å². The van der Waals surface area contributed by atoms with E-state index in [1.807, 2.05) is 0 Å². The minimum atomic E-state index is 0.914. The molecule has 5 aliphatic carbocycles. The van der Waals surface area contributed by atoms with E-state index in [1.54, 1.807) is 0 Å². The lowest BCUT2D eigenvalue weighted by Crippen LogP contribution is -2.56. The van der Waals surface area contributed by atoms with Crippen LogP contribution in [0.3, 0.4) is 0 Å². The lowest BCUT2D eigenvalue weighted by Gasteiger charge is -2.51. The van der Waals surface area contributed by atoms with Crippen LogP contribution in [0.2, 0.25) is 0 Å². The van der Waals surface area contributed by atoms with E-state index in [2.05, 4.69) is 9.80 Å². The van der Waals surface area contributed by atoms with Crippen LogP contribution in [0.1, 0.15) is 154 Å². The Balaban J connectivity index is 1.25. The summed E-state index contributed by atoms with van der Waals surface area (Å²) in [5.41, 5.74) is 0. The topological polar surface area (TPSA) is 6.48 Å². The number of nitrogens with zero attached hydrogens (tertiary/aromatic N) is 2. The second-order valence-corrected chi connectivity index (χ2v) is 12.5. The van der Waals surface area contributed by atoms with Crippen molar-refractivity contribution in [1.29, 1.82) is 0 Å². The van der Waals surface area contributed by atoms with E-state index >= 15 is 0 Å². The van der Waals surface area contributed by atoms with Crippen molar-refractivity contribution in [3.05, 3.63) is 0 Å². The molecule has 0 unspecified atom stereocenters. The Kier molecular flexibility index (Phi) is 8.91. The zero-order chi connectivity index (χ0) is 21.6. The van der Waals surface area contributed by atoms with E-state index in [0.29, 0.717) is 0 Å². The molecule has 184 valence electrons. The summed E-state index contributed by atoms with van der Waals surface area (Å²) in [5.74, 6) is 0. The maximum Gasteiger partial charge on any atom is 0.0102 e. The predicted molar refractivity (Wildman–Crippen MR) is 137 cm³/mol. The minimum Gasteiger partial charge on any atom is -0.294 e. The van der Waals surface area contributed by atoms with Crippen LogP contribution in [0.25, 0.3) is 0 Å². The van der Waals surface area contributed by atoms with Crippen LogP contribution >= 0.6 is 0 Å². The maximum absolute atomic E-state index is 3.18. The Labute approximate surface area is 200 Å². The molecule has 5 rings (SSSR count). The average Bonchev–Trinajstić information content (AvgIpc) is 2.88. The van der Waals surface area contributed by atoms with Crippen molar-refractivity contribution in [2.75, 3.05) is 0 Å². The highest BCUT2D eigenvalue weighted by Gasteiger charge is 2.40. The molecule has 0 amide bonds. The third-order valence-electron chi connectivity index (χ3n) is 10.5. The summed E-state index contributed by atoms with van der Waals surface area (Å²) in [6, 6.07) is 5.55. The molecule has 0 radical (unpaired) electrons. The second kappa shape index (κ2) is 12.1. The summed E-state index contributed by atoms with van der Waals surface area (Å²) >= 11 is 0. The molecular weight excluding hydrogens is 388 g/mol. The second-order valence-electron chi connectivity index (χ2n) is 12.5. The van der Waals surface area contributed by atoms with Crippen LogP contribution in [-0.2, 0) is 0 Å². The van der Waals surface area contributed by atoms with Gasteiger partial charge in [-0.3, -0.25) is 9.80 Å². The SMILES string of the molecule is C1CCC(N(C2CCCCC2)C2CCC(N(C3CCCCC3)C3CCCCC3)CC2)CC1. The van der Waals surface area contributed by atoms with Crippen LogP contribution in [0.15, 0.2) is 0 Å². The molecule has 5 aliphatic rings. The first-order valence-corrected chi connectivity index (χ1v) is 15.4. The highest BCUT2D eigenvalue weighted by atomic mass is 15.2. The van der Waals surface area contributed by atoms with Crippen LogP contribution in [0.4, 0.5) is 0 Å². The number of hydrogen-bond donors (Lipinski definition) is 0. The van der Waals surface area contributed by atoms with Gasteiger partial charge in [-0.05, 0) is 77.0 Å². The lowest BCUT2D eigenvalue weighted by atomic mass is 9.80. The summed E-state index contributed by atoms with van der Waals surface area (Å²) in [5, 5.41) is 0. The Morgan fingerprint density at radius 2 is 0.406 bits per heavy atom. The van der Waals surface area contributed by atoms with Gasteiger partial charge in [0, 0.05) is 36.3 Å². The van der Waals surface area contributed by atoms with Gasteiger partial charge in [0.1, 0.15) is 0 Å². The van der Waals surface area contributed by atoms with E-state index in [-0.39, 0.29) is 0 Å². The molecule has 5 fully saturated rings. The van der Waals surface area contributed by atoms with E-state index < -0.39 is 0 Å². The van der Waals surface area contributed by atoms with Gasteiger partial charge < -0.3 is 0 Å².